The summed E-state index contributed by atoms with van der Waals surface area (Å²) in [4.78, 5) is 27.9. The van der Waals surface area contributed by atoms with E-state index in [0.717, 1.165) is 30.6 Å². The number of carbonyl (C=O) groups is 2. The van der Waals surface area contributed by atoms with E-state index in [1.165, 1.54) is 15.9 Å². The number of nitrogens with one attached hydrogen (secondary N) is 1. The third-order valence-corrected chi connectivity index (χ3v) is 13.3. The van der Waals surface area contributed by atoms with E-state index in [2.05, 4.69) is 105 Å². The fourth-order valence-corrected chi connectivity index (χ4v) is 11.0. The lowest BCUT2D eigenvalue weighted by molar-refractivity contribution is -0.131. The Morgan fingerprint density at radius 2 is 1.50 bits per heavy atom. The highest BCUT2D eigenvalue weighted by atomic mass is 28.4. The van der Waals surface area contributed by atoms with Gasteiger partial charge in [-0.15, -0.1) is 0 Å². The van der Waals surface area contributed by atoms with Crippen molar-refractivity contribution in [2.45, 2.75) is 89.9 Å². The van der Waals surface area contributed by atoms with E-state index in [1.807, 2.05) is 25.7 Å². The van der Waals surface area contributed by atoms with E-state index in [0.29, 0.717) is 13.0 Å². The van der Waals surface area contributed by atoms with Gasteiger partial charge in [-0.2, -0.15) is 0 Å². The molecule has 1 unspecified atom stereocenters. The van der Waals surface area contributed by atoms with Gasteiger partial charge in [-0.05, 0) is 85.1 Å². The molecule has 0 bridgehead atoms. The molecule has 3 aromatic rings. The number of amides is 2. The second kappa shape index (κ2) is 11.6. The van der Waals surface area contributed by atoms with Crippen LogP contribution >= 0.6 is 0 Å². The summed E-state index contributed by atoms with van der Waals surface area (Å²) in [6.45, 7) is 12.9. The zero-order valence-electron chi connectivity index (χ0n) is 25.8. The van der Waals surface area contributed by atoms with E-state index in [4.69, 9.17) is 9.16 Å². The predicted octanol–water partition coefficient (Wildman–Crippen LogP) is 6.13. The number of alkyl carbamates (subject to hydrolysis) is 1. The number of ether oxygens (including phenoxy) is 1. The molecule has 1 fully saturated rings. The van der Waals surface area contributed by atoms with Crippen molar-refractivity contribution in [3.05, 3.63) is 90.0 Å². The third-order valence-electron chi connectivity index (χ3n) is 8.39. The fourth-order valence-electron chi connectivity index (χ4n) is 6.56. The summed E-state index contributed by atoms with van der Waals surface area (Å²) >= 11 is 0. The van der Waals surface area contributed by atoms with Crippen LogP contribution in [0.3, 0.4) is 0 Å². The number of benzene rings is 3. The maximum Gasteiger partial charge on any atom is 0.408 e. The van der Waals surface area contributed by atoms with Gasteiger partial charge < -0.3 is 19.4 Å². The van der Waals surface area contributed by atoms with E-state index in [9.17, 15) is 9.59 Å². The summed E-state index contributed by atoms with van der Waals surface area (Å²) in [6, 6.07) is 27.2. The lowest BCUT2D eigenvalue weighted by atomic mass is 9.86. The monoisotopic (exact) mass is 584 g/mol. The Labute approximate surface area is 251 Å². The molecule has 1 heterocycles. The number of nitrogens with zero attached hydrogens (tertiary/aromatic N) is 1. The minimum Gasteiger partial charge on any atom is -0.534 e. The molecule has 2 atom stereocenters. The van der Waals surface area contributed by atoms with E-state index in [1.54, 1.807) is 0 Å². The summed E-state index contributed by atoms with van der Waals surface area (Å²) in [6.07, 6.45) is 2.91. The third kappa shape index (κ3) is 5.98. The van der Waals surface area contributed by atoms with Crippen molar-refractivity contribution in [2.75, 3.05) is 6.54 Å². The summed E-state index contributed by atoms with van der Waals surface area (Å²) in [5.74, 6) is 0.794. The maximum atomic E-state index is 13.6. The van der Waals surface area contributed by atoms with E-state index in [-0.39, 0.29) is 17.0 Å². The van der Waals surface area contributed by atoms with Gasteiger partial charge in [0.25, 0.3) is 0 Å². The molecule has 7 heteroatoms. The van der Waals surface area contributed by atoms with Gasteiger partial charge >= 0.3 is 14.4 Å². The van der Waals surface area contributed by atoms with Gasteiger partial charge in [-0.25, -0.2) is 4.79 Å². The van der Waals surface area contributed by atoms with Crippen molar-refractivity contribution < 1.29 is 18.8 Å². The number of aryl methyl sites for hydroxylation is 1. The zero-order valence-corrected chi connectivity index (χ0v) is 26.8. The molecule has 1 saturated heterocycles. The highest BCUT2D eigenvalue weighted by molar-refractivity contribution is 7.00. The Morgan fingerprint density at radius 1 is 0.881 bits per heavy atom. The van der Waals surface area contributed by atoms with E-state index >= 15 is 0 Å². The standard InChI is InChI=1S/C35H44N2O4Si/c1-34(2,3)40-33(39)36-30-22-23-37(32(30)38)31-19-13-14-25-20-21-26(24-29(25)31)41-42(35(4,5)6,27-15-9-7-10-16-27)28-17-11-8-12-18-28/h7-12,15-18,20-21,24,30-31H,13-14,19,22-23H2,1-6H3,(H,36,39)/t30-,31?/m1/s1. The molecule has 6 nitrogen and oxygen atoms in total. The van der Waals surface area contributed by atoms with E-state index < -0.39 is 26.1 Å². The van der Waals surface area contributed by atoms with Crippen molar-refractivity contribution >= 4 is 30.7 Å². The Hall–Kier alpha value is -3.58. The van der Waals surface area contributed by atoms with Crippen LogP contribution in [0.1, 0.15) is 78.0 Å². The van der Waals surface area contributed by atoms with Crippen LogP contribution in [0.5, 0.6) is 5.75 Å². The van der Waals surface area contributed by atoms with Crippen LogP contribution < -0.4 is 20.1 Å². The highest BCUT2D eigenvalue weighted by Crippen LogP contribution is 2.41. The molecular formula is C35H44N2O4Si. The number of carbonyl (C=O) groups excluding carboxylic acids is 2. The van der Waals surface area contributed by atoms with Gasteiger partial charge in [0.15, 0.2) is 0 Å². The van der Waals surface area contributed by atoms with Gasteiger partial charge in [0, 0.05) is 6.54 Å². The molecular weight excluding hydrogens is 540 g/mol. The van der Waals surface area contributed by atoms with Crippen LogP contribution in [0.4, 0.5) is 4.79 Å². The minimum absolute atomic E-state index is 0.0444. The summed E-state index contributed by atoms with van der Waals surface area (Å²) in [5, 5.41) is 5.10. The summed E-state index contributed by atoms with van der Waals surface area (Å²) < 4.78 is 12.7. The molecule has 0 aromatic heterocycles. The van der Waals surface area contributed by atoms with Gasteiger partial charge in [0.1, 0.15) is 17.4 Å². The summed E-state index contributed by atoms with van der Waals surface area (Å²) in [5.41, 5.74) is 1.80. The zero-order chi connectivity index (χ0) is 30.1. The SMILES string of the molecule is CC(C)(C)OC(=O)N[C@@H]1CCN(C2CCCc3ccc(O[Si](c4ccccc4)(c4ccccc4)C(C)(C)C)cc32)C1=O. The van der Waals surface area contributed by atoms with Crippen molar-refractivity contribution in [2.24, 2.45) is 0 Å². The van der Waals surface area contributed by atoms with Gasteiger partial charge in [0.2, 0.25) is 5.91 Å². The Bertz CT molecular complexity index is 1370. The number of hydrogen-bond donors (Lipinski definition) is 1. The quantitative estimate of drug-likeness (QED) is 0.354. The lowest BCUT2D eigenvalue weighted by Gasteiger charge is -2.43. The predicted molar refractivity (Wildman–Crippen MR) is 170 cm³/mol. The largest absolute Gasteiger partial charge is 0.534 e. The second-order valence-electron chi connectivity index (χ2n) is 13.6. The van der Waals surface area contributed by atoms with Gasteiger partial charge in [0.05, 0.1) is 6.04 Å². The number of likely N-dealkylation sites (tertiary alicyclic amines) is 1. The average molecular weight is 585 g/mol. The number of fused-ring (bicyclic) bond motifs is 1. The Kier molecular flexibility index (Phi) is 8.25. The van der Waals surface area contributed by atoms with Gasteiger partial charge in [-0.3, -0.25) is 4.79 Å². The summed E-state index contributed by atoms with van der Waals surface area (Å²) in [7, 11) is -2.79. The topological polar surface area (TPSA) is 67.9 Å². The lowest BCUT2D eigenvalue weighted by Crippen LogP contribution is -2.68. The first-order valence-corrected chi connectivity index (χ1v) is 17.0. The van der Waals surface area contributed by atoms with Crippen LogP contribution in [0.2, 0.25) is 5.04 Å². The molecule has 222 valence electrons. The first kappa shape index (κ1) is 29.9. The molecule has 5 rings (SSSR count). The molecule has 2 aliphatic rings. The minimum atomic E-state index is -2.79. The highest BCUT2D eigenvalue weighted by Gasteiger charge is 2.52. The van der Waals surface area contributed by atoms with Crippen molar-refractivity contribution in [3.63, 3.8) is 0 Å². The molecule has 1 aliphatic carbocycles. The average Bonchev–Trinajstić information content (AvgIpc) is 3.29. The van der Waals surface area contributed by atoms with Crippen LogP contribution in [-0.4, -0.2) is 43.4 Å². The Balaban J connectivity index is 1.48. The van der Waals surface area contributed by atoms with Crippen LogP contribution in [0, 0.1) is 0 Å². The first-order valence-electron chi connectivity index (χ1n) is 15.1. The maximum absolute atomic E-state index is 13.6. The molecule has 0 spiro atoms. The van der Waals surface area contributed by atoms with Crippen molar-refractivity contribution in [1.82, 2.24) is 10.2 Å². The molecule has 1 N–H and O–H groups in total. The molecule has 2 amide bonds. The first-order chi connectivity index (χ1) is 19.9. The van der Waals surface area contributed by atoms with Crippen molar-refractivity contribution in [3.8, 4) is 5.75 Å². The molecule has 0 radical (unpaired) electrons. The van der Waals surface area contributed by atoms with Crippen molar-refractivity contribution in [1.29, 1.82) is 0 Å². The number of rotatable bonds is 6. The Morgan fingerprint density at radius 3 is 2.07 bits per heavy atom. The second-order valence-corrected chi connectivity index (χ2v) is 17.8. The fraction of sp³-hybridized carbons (Fsp3) is 0.429. The normalized spacial score (nSPS) is 19.3. The number of hydrogen-bond acceptors (Lipinski definition) is 4. The molecule has 1 aliphatic heterocycles. The van der Waals surface area contributed by atoms with Crippen LogP contribution in [-0.2, 0) is 16.0 Å². The molecule has 0 saturated carbocycles. The van der Waals surface area contributed by atoms with Gasteiger partial charge in [-0.1, -0.05) is 87.5 Å². The van der Waals surface area contributed by atoms with Crippen LogP contribution in [0.25, 0.3) is 0 Å². The molecule has 3 aromatic carbocycles. The smallest absolute Gasteiger partial charge is 0.408 e. The molecule has 42 heavy (non-hydrogen) atoms. The van der Waals surface area contributed by atoms with Crippen LogP contribution in [0.15, 0.2) is 78.9 Å².